The molecule has 1 aliphatic rings. The van der Waals surface area contributed by atoms with Crippen LogP contribution in [-0.2, 0) is 0 Å². The lowest BCUT2D eigenvalue weighted by atomic mass is 9.77. The zero-order chi connectivity index (χ0) is 12.0. The molecule has 0 aromatic rings. The first kappa shape index (κ1) is 14.0. The molecule has 0 aromatic heterocycles. The molecule has 0 amide bonds. The van der Waals surface area contributed by atoms with E-state index in [-0.39, 0.29) is 0 Å². The Morgan fingerprint density at radius 3 is 2.31 bits per heavy atom. The van der Waals surface area contributed by atoms with Crippen LogP contribution in [0.1, 0.15) is 65.7 Å². The summed E-state index contributed by atoms with van der Waals surface area (Å²) in [6, 6.07) is 0.772. The predicted molar refractivity (Wildman–Crippen MR) is 72.7 cm³/mol. The van der Waals surface area contributed by atoms with E-state index < -0.39 is 0 Å². The average molecular weight is 225 g/mol. The number of hydrogen-bond donors (Lipinski definition) is 1. The Kier molecular flexibility index (Phi) is 6.41. The molecule has 0 spiro atoms. The summed E-state index contributed by atoms with van der Waals surface area (Å²) < 4.78 is 0. The molecule has 1 nitrogen and oxygen atoms in total. The van der Waals surface area contributed by atoms with Crippen molar-refractivity contribution in [2.75, 3.05) is 7.05 Å². The molecule has 2 atom stereocenters. The topological polar surface area (TPSA) is 12.0 Å². The van der Waals surface area contributed by atoms with Crippen molar-refractivity contribution in [3.8, 4) is 0 Å². The van der Waals surface area contributed by atoms with Gasteiger partial charge in [-0.2, -0.15) is 0 Å². The lowest BCUT2D eigenvalue weighted by Crippen LogP contribution is -2.37. The van der Waals surface area contributed by atoms with Crippen LogP contribution in [0.4, 0.5) is 0 Å². The Morgan fingerprint density at radius 1 is 1.19 bits per heavy atom. The van der Waals surface area contributed by atoms with Crippen LogP contribution in [0, 0.1) is 17.8 Å². The minimum Gasteiger partial charge on any atom is -0.317 e. The SMILES string of the molecule is CCCC(C)CC(NC)C1CCC(C)CC1. The average Bonchev–Trinajstić information content (AvgIpc) is 2.27. The Morgan fingerprint density at radius 2 is 1.81 bits per heavy atom. The third-order valence-corrected chi connectivity index (χ3v) is 4.44. The molecule has 0 heterocycles. The molecule has 0 aliphatic heterocycles. The van der Waals surface area contributed by atoms with E-state index in [0.717, 1.165) is 23.8 Å². The van der Waals surface area contributed by atoms with Crippen molar-refractivity contribution in [3.05, 3.63) is 0 Å². The van der Waals surface area contributed by atoms with Gasteiger partial charge in [0, 0.05) is 6.04 Å². The van der Waals surface area contributed by atoms with Gasteiger partial charge in [0.2, 0.25) is 0 Å². The van der Waals surface area contributed by atoms with Crippen LogP contribution < -0.4 is 5.32 Å². The number of rotatable bonds is 6. The molecule has 96 valence electrons. The van der Waals surface area contributed by atoms with Crippen LogP contribution in [0.25, 0.3) is 0 Å². The summed E-state index contributed by atoms with van der Waals surface area (Å²) in [6.07, 6.45) is 9.90. The van der Waals surface area contributed by atoms with E-state index in [1.165, 1.54) is 44.9 Å². The molecule has 0 saturated heterocycles. The first-order valence-corrected chi connectivity index (χ1v) is 7.34. The standard InChI is InChI=1S/C15H31N/c1-5-6-13(3)11-15(16-4)14-9-7-12(2)8-10-14/h12-16H,5-11H2,1-4H3. The van der Waals surface area contributed by atoms with Crippen LogP contribution >= 0.6 is 0 Å². The quantitative estimate of drug-likeness (QED) is 0.713. The van der Waals surface area contributed by atoms with Gasteiger partial charge in [-0.3, -0.25) is 0 Å². The maximum Gasteiger partial charge on any atom is 0.00948 e. The summed E-state index contributed by atoms with van der Waals surface area (Å²) in [5.41, 5.74) is 0. The zero-order valence-corrected chi connectivity index (χ0v) is 11.8. The summed E-state index contributed by atoms with van der Waals surface area (Å²) in [5, 5.41) is 3.58. The smallest absolute Gasteiger partial charge is 0.00948 e. The maximum absolute atomic E-state index is 3.58. The van der Waals surface area contributed by atoms with Gasteiger partial charge in [-0.25, -0.2) is 0 Å². The van der Waals surface area contributed by atoms with Crippen LogP contribution in [0.3, 0.4) is 0 Å². The van der Waals surface area contributed by atoms with E-state index in [1.54, 1.807) is 0 Å². The van der Waals surface area contributed by atoms with Crippen molar-refractivity contribution in [1.82, 2.24) is 5.32 Å². The van der Waals surface area contributed by atoms with Gasteiger partial charge in [0.1, 0.15) is 0 Å². The molecule has 16 heavy (non-hydrogen) atoms. The summed E-state index contributed by atoms with van der Waals surface area (Å²) in [7, 11) is 2.15. The van der Waals surface area contributed by atoms with Crippen molar-refractivity contribution in [3.63, 3.8) is 0 Å². The van der Waals surface area contributed by atoms with Crippen LogP contribution in [-0.4, -0.2) is 13.1 Å². The van der Waals surface area contributed by atoms with Crippen LogP contribution in [0.5, 0.6) is 0 Å². The lowest BCUT2D eigenvalue weighted by molar-refractivity contribution is 0.212. The second-order valence-corrected chi connectivity index (χ2v) is 6.04. The van der Waals surface area contributed by atoms with Gasteiger partial charge in [-0.05, 0) is 44.1 Å². The molecule has 1 rings (SSSR count). The van der Waals surface area contributed by atoms with Gasteiger partial charge in [0.25, 0.3) is 0 Å². The Bertz CT molecular complexity index is 170. The normalized spacial score (nSPS) is 30.0. The molecule has 0 aromatic carbocycles. The van der Waals surface area contributed by atoms with Crippen molar-refractivity contribution < 1.29 is 0 Å². The minimum atomic E-state index is 0.772. The Labute approximate surface area is 102 Å². The van der Waals surface area contributed by atoms with Crippen LogP contribution in [0.15, 0.2) is 0 Å². The van der Waals surface area contributed by atoms with E-state index >= 15 is 0 Å². The summed E-state index contributed by atoms with van der Waals surface area (Å²) in [5.74, 6) is 2.81. The van der Waals surface area contributed by atoms with Gasteiger partial charge in [-0.1, -0.05) is 46.5 Å². The molecule has 1 N–H and O–H groups in total. The fourth-order valence-corrected chi connectivity index (χ4v) is 3.28. The molecular weight excluding hydrogens is 194 g/mol. The van der Waals surface area contributed by atoms with Crippen LogP contribution in [0.2, 0.25) is 0 Å². The second kappa shape index (κ2) is 7.32. The van der Waals surface area contributed by atoms with Gasteiger partial charge < -0.3 is 5.32 Å². The minimum absolute atomic E-state index is 0.772. The lowest BCUT2D eigenvalue weighted by Gasteiger charge is -2.34. The third-order valence-electron chi connectivity index (χ3n) is 4.44. The molecule has 1 aliphatic carbocycles. The molecule has 1 fully saturated rings. The van der Waals surface area contributed by atoms with Crippen molar-refractivity contribution >= 4 is 0 Å². The summed E-state index contributed by atoms with van der Waals surface area (Å²) >= 11 is 0. The molecule has 1 saturated carbocycles. The van der Waals surface area contributed by atoms with Gasteiger partial charge >= 0.3 is 0 Å². The highest BCUT2D eigenvalue weighted by Gasteiger charge is 2.25. The van der Waals surface area contributed by atoms with E-state index in [2.05, 4.69) is 33.1 Å². The first-order valence-electron chi connectivity index (χ1n) is 7.34. The fourth-order valence-electron chi connectivity index (χ4n) is 3.28. The van der Waals surface area contributed by atoms with Crippen molar-refractivity contribution in [2.45, 2.75) is 71.8 Å². The van der Waals surface area contributed by atoms with Crippen molar-refractivity contribution in [1.29, 1.82) is 0 Å². The predicted octanol–water partition coefficient (Wildman–Crippen LogP) is 4.23. The monoisotopic (exact) mass is 225 g/mol. The molecular formula is C15H31N. The Hall–Kier alpha value is -0.0400. The maximum atomic E-state index is 3.58. The summed E-state index contributed by atoms with van der Waals surface area (Å²) in [6.45, 7) is 7.12. The van der Waals surface area contributed by atoms with Gasteiger partial charge in [0.05, 0.1) is 0 Å². The Balaban J connectivity index is 2.35. The number of hydrogen-bond acceptors (Lipinski definition) is 1. The van der Waals surface area contributed by atoms with E-state index in [9.17, 15) is 0 Å². The highest BCUT2D eigenvalue weighted by atomic mass is 14.9. The first-order chi connectivity index (χ1) is 7.67. The number of nitrogens with one attached hydrogen (secondary N) is 1. The van der Waals surface area contributed by atoms with E-state index in [0.29, 0.717) is 0 Å². The molecule has 2 unspecified atom stereocenters. The van der Waals surface area contributed by atoms with Gasteiger partial charge in [-0.15, -0.1) is 0 Å². The largest absolute Gasteiger partial charge is 0.317 e. The van der Waals surface area contributed by atoms with Crippen molar-refractivity contribution in [2.24, 2.45) is 17.8 Å². The molecule has 1 heteroatoms. The summed E-state index contributed by atoms with van der Waals surface area (Å²) in [4.78, 5) is 0. The zero-order valence-electron chi connectivity index (χ0n) is 11.8. The third kappa shape index (κ3) is 4.45. The highest BCUT2D eigenvalue weighted by Crippen LogP contribution is 2.32. The molecule has 0 bridgehead atoms. The highest BCUT2D eigenvalue weighted by molar-refractivity contribution is 4.81. The van der Waals surface area contributed by atoms with E-state index in [1.807, 2.05) is 0 Å². The molecule has 0 radical (unpaired) electrons. The fraction of sp³-hybridized carbons (Fsp3) is 1.00. The van der Waals surface area contributed by atoms with Gasteiger partial charge in [0.15, 0.2) is 0 Å². The van der Waals surface area contributed by atoms with E-state index in [4.69, 9.17) is 0 Å². The second-order valence-electron chi connectivity index (χ2n) is 6.04.